The lowest BCUT2D eigenvalue weighted by atomic mass is 10.1. The first-order valence-electron chi connectivity index (χ1n) is 7.30. The van der Waals surface area contributed by atoms with Crippen LogP contribution in [0.25, 0.3) is 5.69 Å². The molecule has 1 N–H and O–H groups in total. The Hall–Kier alpha value is -2.21. The molecule has 1 atom stereocenters. The molecule has 1 unspecified atom stereocenters. The van der Waals surface area contributed by atoms with Gasteiger partial charge in [-0.25, -0.2) is 9.40 Å². The van der Waals surface area contributed by atoms with Gasteiger partial charge in [-0.05, 0) is 30.5 Å². The summed E-state index contributed by atoms with van der Waals surface area (Å²) in [5.74, 6) is 0. The number of nitrogens with one attached hydrogen (secondary N) is 1. The molecule has 23 heavy (non-hydrogen) atoms. The molecular formula is C15H14N5O2S-. The number of benzene rings is 1. The van der Waals surface area contributed by atoms with Crippen molar-refractivity contribution in [2.24, 2.45) is 0 Å². The Labute approximate surface area is 135 Å². The van der Waals surface area contributed by atoms with Crippen molar-refractivity contribution >= 4 is 11.3 Å². The molecular weight excluding hydrogens is 314 g/mol. The smallest absolute Gasteiger partial charge is 0.180 e. The summed E-state index contributed by atoms with van der Waals surface area (Å²) in [5, 5.41) is 13.5. The van der Waals surface area contributed by atoms with Crippen LogP contribution < -0.4 is 4.72 Å². The fourth-order valence-electron chi connectivity index (χ4n) is 3.11. The molecule has 1 saturated carbocycles. The normalized spacial score (nSPS) is 19.2. The summed E-state index contributed by atoms with van der Waals surface area (Å²) in [5.41, 5.74) is 3.41. The first-order chi connectivity index (χ1) is 11.1. The van der Waals surface area contributed by atoms with Gasteiger partial charge in [-0.15, -0.1) is 0 Å². The lowest BCUT2D eigenvalue weighted by Gasteiger charge is -2.20. The second-order valence-electron chi connectivity index (χ2n) is 5.95. The molecule has 1 aromatic heterocycles. The standard InChI is InChI=1S/C15H15N5O2S/c16-10-19-8-11-7-17-20(14(11)9-19)13-3-1-2-12(6-13)15(4-5-15)18-23(21)22/h1-3,6-7,18H,4-5,8-9H2,(H,21,22)/p-1. The highest BCUT2D eigenvalue weighted by atomic mass is 32.2. The first-order valence-corrected chi connectivity index (χ1v) is 8.37. The highest BCUT2D eigenvalue weighted by Gasteiger charge is 2.44. The summed E-state index contributed by atoms with van der Waals surface area (Å²) in [6, 6.07) is 7.75. The molecule has 0 radical (unpaired) electrons. The second-order valence-corrected chi connectivity index (χ2v) is 6.63. The predicted octanol–water partition coefficient (Wildman–Crippen LogP) is 1.04. The third-order valence-electron chi connectivity index (χ3n) is 4.47. The van der Waals surface area contributed by atoms with E-state index < -0.39 is 16.8 Å². The average molecular weight is 328 g/mol. The van der Waals surface area contributed by atoms with Crippen molar-refractivity contribution in [1.82, 2.24) is 19.4 Å². The van der Waals surface area contributed by atoms with Gasteiger partial charge in [0, 0.05) is 16.8 Å². The number of rotatable bonds is 4. The molecule has 0 spiro atoms. The fraction of sp³-hybridized carbons (Fsp3) is 0.333. The van der Waals surface area contributed by atoms with Gasteiger partial charge in [-0.2, -0.15) is 10.4 Å². The maximum absolute atomic E-state index is 11.0. The van der Waals surface area contributed by atoms with E-state index in [0.717, 1.165) is 35.3 Å². The van der Waals surface area contributed by atoms with Crippen LogP contribution in [-0.2, 0) is 29.9 Å². The van der Waals surface area contributed by atoms with Crippen molar-refractivity contribution in [2.45, 2.75) is 31.5 Å². The quantitative estimate of drug-likeness (QED) is 0.668. The Bertz CT molecular complexity index is 837. The Morgan fingerprint density at radius 2 is 2.22 bits per heavy atom. The van der Waals surface area contributed by atoms with Crippen LogP contribution in [0, 0.1) is 11.5 Å². The van der Waals surface area contributed by atoms with Crippen molar-refractivity contribution < 1.29 is 8.76 Å². The largest absolute Gasteiger partial charge is 0.760 e. The van der Waals surface area contributed by atoms with Gasteiger partial charge in [0.1, 0.15) is 0 Å². The van der Waals surface area contributed by atoms with E-state index in [1.165, 1.54) is 0 Å². The van der Waals surface area contributed by atoms with Crippen LogP contribution in [0.1, 0.15) is 29.7 Å². The van der Waals surface area contributed by atoms with Crippen molar-refractivity contribution in [3.05, 3.63) is 47.3 Å². The topological polar surface area (TPSA) is 97.0 Å². The van der Waals surface area contributed by atoms with E-state index in [-0.39, 0.29) is 0 Å². The van der Waals surface area contributed by atoms with Crippen LogP contribution >= 0.6 is 0 Å². The zero-order valence-electron chi connectivity index (χ0n) is 12.2. The summed E-state index contributed by atoms with van der Waals surface area (Å²) in [6.07, 6.45) is 5.54. The fourth-order valence-corrected chi connectivity index (χ4v) is 3.75. The van der Waals surface area contributed by atoms with Gasteiger partial charge in [-0.1, -0.05) is 12.1 Å². The molecule has 1 aliphatic carbocycles. The number of aromatic nitrogens is 2. The summed E-state index contributed by atoms with van der Waals surface area (Å²) in [6.45, 7) is 1.14. The molecule has 8 heteroatoms. The minimum atomic E-state index is -2.29. The van der Waals surface area contributed by atoms with Gasteiger partial charge >= 0.3 is 0 Å². The molecule has 0 saturated heterocycles. The number of fused-ring (bicyclic) bond motifs is 1. The van der Waals surface area contributed by atoms with Crippen LogP contribution in [0.4, 0.5) is 0 Å². The molecule has 2 aliphatic rings. The van der Waals surface area contributed by atoms with E-state index in [1.54, 1.807) is 11.1 Å². The van der Waals surface area contributed by atoms with E-state index in [4.69, 9.17) is 5.26 Å². The molecule has 118 valence electrons. The summed E-state index contributed by atoms with van der Waals surface area (Å²) < 4.78 is 26.5. The molecule has 1 aliphatic heterocycles. The summed E-state index contributed by atoms with van der Waals surface area (Å²) in [7, 11) is 0. The molecule has 1 fully saturated rings. The average Bonchev–Trinajstić information content (AvgIpc) is 3.03. The van der Waals surface area contributed by atoms with Crippen LogP contribution in [0.3, 0.4) is 0 Å². The van der Waals surface area contributed by atoms with Gasteiger partial charge in [0.25, 0.3) is 0 Å². The highest BCUT2D eigenvalue weighted by Crippen LogP contribution is 2.46. The minimum Gasteiger partial charge on any atom is -0.760 e. The Morgan fingerprint density at radius 3 is 2.91 bits per heavy atom. The van der Waals surface area contributed by atoms with Crippen LogP contribution in [0.15, 0.2) is 30.5 Å². The van der Waals surface area contributed by atoms with Gasteiger partial charge in [0.05, 0.1) is 36.2 Å². The second kappa shape index (κ2) is 5.16. The van der Waals surface area contributed by atoms with Crippen molar-refractivity contribution in [1.29, 1.82) is 5.26 Å². The number of nitrogens with zero attached hydrogens (tertiary/aromatic N) is 4. The minimum absolute atomic E-state index is 0.475. The SMILES string of the molecule is N#CN1Cc2cnn(-c3cccc(C4(NS(=O)[O-])CC4)c3)c2C1. The number of nitriles is 1. The summed E-state index contributed by atoms with van der Waals surface area (Å²) >= 11 is -2.29. The zero-order chi connectivity index (χ0) is 16.0. The third-order valence-corrected chi connectivity index (χ3v) is 5.03. The molecule has 4 rings (SSSR count). The van der Waals surface area contributed by atoms with Gasteiger partial charge in [-0.3, -0.25) is 4.21 Å². The monoisotopic (exact) mass is 328 g/mol. The third kappa shape index (κ3) is 2.43. The number of hydrogen-bond acceptors (Lipinski definition) is 5. The highest BCUT2D eigenvalue weighted by molar-refractivity contribution is 7.77. The molecule has 0 bridgehead atoms. The van der Waals surface area contributed by atoms with E-state index in [9.17, 15) is 8.76 Å². The maximum atomic E-state index is 11.0. The molecule has 2 heterocycles. The molecule has 0 amide bonds. The molecule has 1 aromatic carbocycles. The van der Waals surface area contributed by atoms with Gasteiger partial charge in [0.2, 0.25) is 0 Å². The van der Waals surface area contributed by atoms with Crippen LogP contribution in [-0.4, -0.2) is 23.4 Å². The van der Waals surface area contributed by atoms with Gasteiger partial charge < -0.3 is 9.45 Å². The zero-order valence-corrected chi connectivity index (χ0v) is 13.0. The maximum Gasteiger partial charge on any atom is 0.180 e. The van der Waals surface area contributed by atoms with Crippen molar-refractivity contribution in [3.63, 3.8) is 0 Å². The first kappa shape index (κ1) is 14.4. The van der Waals surface area contributed by atoms with Crippen molar-refractivity contribution in [3.8, 4) is 11.9 Å². The Morgan fingerprint density at radius 1 is 1.39 bits per heavy atom. The summed E-state index contributed by atoms with van der Waals surface area (Å²) in [4.78, 5) is 1.68. The molecule has 2 aromatic rings. The van der Waals surface area contributed by atoms with Crippen molar-refractivity contribution in [2.75, 3.05) is 0 Å². The van der Waals surface area contributed by atoms with Crippen LogP contribution in [0.2, 0.25) is 0 Å². The lowest BCUT2D eigenvalue weighted by Crippen LogP contribution is -2.30. The van der Waals surface area contributed by atoms with Gasteiger partial charge in [0.15, 0.2) is 6.19 Å². The lowest BCUT2D eigenvalue weighted by molar-refractivity contribution is 0.408. The van der Waals surface area contributed by atoms with E-state index >= 15 is 0 Å². The number of hydrogen-bond donors (Lipinski definition) is 1. The van der Waals surface area contributed by atoms with E-state index in [2.05, 4.69) is 16.0 Å². The molecule has 7 nitrogen and oxygen atoms in total. The Kier molecular flexibility index (Phi) is 3.23. The van der Waals surface area contributed by atoms with E-state index in [1.807, 2.05) is 28.9 Å². The Balaban J connectivity index is 1.69. The van der Waals surface area contributed by atoms with Crippen LogP contribution in [0.5, 0.6) is 0 Å². The van der Waals surface area contributed by atoms with E-state index in [0.29, 0.717) is 13.1 Å². The predicted molar refractivity (Wildman–Crippen MR) is 81.4 cm³/mol.